The summed E-state index contributed by atoms with van der Waals surface area (Å²) in [7, 11) is 0. The van der Waals surface area contributed by atoms with Crippen molar-refractivity contribution in [1.29, 1.82) is 0 Å². The third kappa shape index (κ3) is 3.65. The zero-order valence-electron chi connectivity index (χ0n) is 16.9. The summed E-state index contributed by atoms with van der Waals surface area (Å²) in [6, 6.07) is 6.07. The fourth-order valence-corrected chi connectivity index (χ4v) is 4.76. The van der Waals surface area contributed by atoms with Gasteiger partial charge in [0.25, 0.3) is 0 Å². The number of rotatable bonds is 6. The lowest BCUT2D eigenvalue weighted by Gasteiger charge is -2.49. The van der Waals surface area contributed by atoms with Crippen LogP contribution in [-0.4, -0.2) is 57.5 Å². The van der Waals surface area contributed by atoms with Gasteiger partial charge in [0.1, 0.15) is 5.69 Å². The molecule has 3 fully saturated rings. The number of ether oxygens (including phenoxy) is 2. The Hall–Kier alpha value is -2.94. The molecule has 2 aromatic rings. The molecular formula is C21H25N5O4. The van der Waals surface area contributed by atoms with Gasteiger partial charge in [-0.05, 0) is 43.0 Å². The van der Waals surface area contributed by atoms with E-state index in [-0.39, 0.29) is 24.4 Å². The van der Waals surface area contributed by atoms with Gasteiger partial charge < -0.3 is 14.8 Å². The Kier molecular flexibility index (Phi) is 4.90. The topological polar surface area (TPSA) is 98.6 Å². The van der Waals surface area contributed by atoms with Crippen LogP contribution < -0.4 is 14.8 Å². The van der Waals surface area contributed by atoms with E-state index in [0.29, 0.717) is 30.7 Å². The summed E-state index contributed by atoms with van der Waals surface area (Å²) in [6.07, 6.45) is 3.70. The third-order valence-electron chi connectivity index (χ3n) is 6.42. The van der Waals surface area contributed by atoms with E-state index in [4.69, 9.17) is 9.47 Å². The Morgan fingerprint density at radius 2 is 2.13 bits per heavy atom. The molecule has 1 amide bonds. The molecule has 0 spiro atoms. The SMILES string of the molecule is CC(=O)c1cn(CC2CC3CCN2CC3C(=O)NCc2ccc3c(c2)OCO3)nn1. The molecule has 0 aliphatic carbocycles. The van der Waals surface area contributed by atoms with Crippen LogP contribution >= 0.6 is 0 Å². The number of ketones is 1. The van der Waals surface area contributed by atoms with Gasteiger partial charge in [-0.15, -0.1) is 5.10 Å². The molecule has 4 aliphatic rings. The number of hydrogen-bond acceptors (Lipinski definition) is 7. The number of nitrogens with one attached hydrogen (secondary N) is 1. The van der Waals surface area contributed by atoms with Crippen molar-refractivity contribution in [2.75, 3.05) is 19.9 Å². The van der Waals surface area contributed by atoms with Gasteiger partial charge in [-0.25, -0.2) is 0 Å². The Morgan fingerprint density at radius 3 is 2.90 bits per heavy atom. The van der Waals surface area contributed by atoms with E-state index < -0.39 is 0 Å². The van der Waals surface area contributed by atoms with Crippen molar-refractivity contribution >= 4 is 11.7 Å². The first-order valence-electron chi connectivity index (χ1n) is 10.4. The van der Waals surface area contributed by atoms with Gasteiger partial charge in [-0.1, -0.05) is 11.3 Å². The van der Waals surface area contributed by atoms with Crippen LogP contribution in [0.3, 0.4) is 0 Å². The van der Waals surface area contributed by atoms with Crippen LogP contribution in [0.1, 0.15) is 35.8 Å². The average Bonchev–Trinajstić information content (AvgIpc) is 3.41. The largest absolute Gasteiger partial charge is 0.454 e. The first-order chi connectivity index (χ1) is 14.6. The fourth-order valence-electron chi connectivity index (χ4n) is 4.76. The molecule has 0 saturated carbocycles. The Morgan fingerprint density at radius 1 is 1.27 bits per heavy atom. The standard InChI is InChI=1S/C21H25N5O4/c1-13(27)18-11-26(24-23-18)9-16-7-15-4-5-25(16)10-17(15)21(28)22-8-14-2-3-19-20(6-14)30-12-29-19/h2-3,6,11,15-17H,4-5,7-10,12H2,1H3,(H,22,28). The maximum absolute atomic E-state index is 12.9. The van der Waals surface area contributed by atoms with Crippen LogP contribution in [0, 0.1) is 11.8 Å². The number of carbonyl (C=O) groups is 2. The van der Waals surface area contributed by atoms with Crippen molar-refractivity contribution in [3.63, 3.8) is 0 Å². The van der Waals surface area contributed by atoms with E-state index in [1.807, 2.05) is 18.2 Å². The van der Waals surface area contributed by atoms with Crippen LogP contribution in [0.25, 0.3) is 0 Å². The van der Waals surface area contributed by atoms with Crippen molar-refractivity contribution in [1.82, 2.24) is 25.2 Å². The molecule has 5 heterocycles. The molecule has 1 aromatic heterocycles. The molecule has 4 aliphatic heterocycles. The lowest BCUT2D eigenvalue weighted by atomic mass is 9.75. The van der Waals surface area contributed by atoms with E-state index in [1.54, 1.807) is 10.9 Å². The van der Waals surface area contributed by atoms with Gasteiger partial charge in [-0.3, -0.25) is 19.2 Å². The van der Waals surface area contributed by atoms with Crippen LogP contribution in [-0.2, 0) is 17.9 Å². The van der Waals surface area contributed by atoms with Gasteiger partial charge in [0.2, 0.25) is 12.7 Å². The molecule has 4 atom stereocenters. The smallest absolute Gasteiger partial charge is 0.231 e. The molecule has 0 radical (unpaired) electrons. The quantitative estimate of drug-likeness (QED) is 0.714. The zero-order chi connectivity index (χ0) is 20.7. The zero-order valence-corrected chi connectivity index (χ0v) is 16.9. The first-order valence-corrected chi connectivity index (χ1v) is 10.4. The lowest BCUT2D eigenvalue weighted by molar-refractivity contribution is -0.133. The molecule has 4 unspecified atom stereocenters. The van der Waals surface area contributed by atoms with Gasteiger partial charge in [-0.2, -0.15) is 0 Å². The number of nitrogens with zero attached hydrogens (tertiary/aromatic N) is 4. The van der Waals surface area contributed by atoms with Crippen LogP contribution in [0.2, 0.25) is 0 Å². The number of hydrogen-bond donors (Lipinski definition) is 1. The number of benzene rings is 1. The van der Waals surface area contributed by atoms with Gasteiger partial charge >= 0.3 is 0 Å². The Labute approximate surface area is 174 Å². The highest BCUT2D eigenvalue weighted by Crippen LogP contribution is 2.37. The summed E-state index contributed by atoms with van der Waals surface area (Å²) in [4.78, 5) is 26.7. The maximum atomic E-state index is 12.9. The van der Waals surface area contributed by atoms with Gasteiger partial charge in [0.15, 0.2) is 17.3 Å². The number of aromatic nitrogens is 3. The normalized spacial score (nSPS) is 26.6. The first kappa shape index (κ1) is 19.0. The van der Waals surface area contributed by atoms with Crippen LogP contribution in [0.4, 0.5) is 0 Å². The highest BCUT2D eigenvalue weighted by atomic mass is 16.7. The summed E-state index contributed by atoms with van der Waals surface area (Å²) in [6.45, 7) is 4.67. The van der Waals surface area contributed by atoms with Gasteiger partial charge in [0.05, 0.1) is 18.7 Å². The number of piperidine rings is 3. The van der Waals surface area contributed by atoms with Crippen molar-refractivity contribution in [3.05, 3.63) is 35.7 Å². The molecular weight excluding hydrogens is 386 g/mol. The second-order valence-corrected chi connectivity index (χ2v) is 8.33. The number of amides is 1. The molecule has 1 N–H and O–H groups in total. The van der Waals surface area contributed by atoms with E-state index in [2.05, 4.69) is 20.5 Å². The van der Waals surface area contributed by atoms with E-state index in [9.17, 15) is 9.59 Å². The van der Waals surface area contributed by atoms with E-state index in [0.717, 1.165) is 43.0 Å². The molecule has 2 bridgehead atoms. The second kappa shape index (κ2) is 7.71. The van der Waals surface area contributed by atoms with Crippen LogP contribution in [0.5, 0.6) is 11.5 Å². The lowest BCUT2D eigenvalue weighted by Crippen LogP contribution is -2.58. The van der Waals surface area contributed by atoms with E-state index >= 15 is 0 Å². The molecule has 158 valence electrons. The molecule has 3 saturated heterocycles. The minimum absolute atomic E-state index is 0.00698. The molecule has 30 heavy (non-hydrogen) atoms. The van der Waals surface area contributed by atoms with Crippen molar-refractivity contribution in [2.45, 2.75) is 38.9 Å². The highest BCUT2D eigenvalue weighted by Gasteiger charge is 2.43. The number of carbonyl (C=O) groups excluding carboxylic acids is 2. The minimum Gasteiger partial charge on any atom is -0.454 e. The summed E-state index contributed by atoms with van der Waals surface area (Å²) in [5.74, 6) is 1.89. The second-order valence-electron chi connectivity index (χ2n) is 8.33. The average molecular weight is 411 g/mol. The molecule has 9 nitrogen and oxygen atoms in total. The Balaban J connectivity index is 1.17. The fraction of sp³-hybridized carbons (Fsp3) is 0.524. The predicted octanol–water partition coefficient (Wildman–Crippen LogP) is 1.24. The summed E-state index contributed by atoms with van der Waals surface area (Å²) >= 11 is 0. The minimum atomic E-state index is -0.0779. The molecule has 1 aromatic carbocycles. The van der Waals surface area contributed by atoms with Crippen molar-refractivity contribution < 1.29 is 19.1 Å². The monoisotopic (exact) mass is 411 g/mol. The summed E-state index contributed by atoms with van der Waals surface area (Å²) in [5, 5.41) is 11.1. The molecule has 9 heteroatoms. The predicted molar refractivity (Wildman–Crippen MR) is 106 cm³/mol. The van der Waals surface area contributed by atoms with Crippen LogP contribution in [0.15, 0.2) is 24.4 Å². The summed E-state index contributed by atoms with van der Waals surface area (Å²) in [5.41, 5.74) is 1.39. The maximum Gasteiger partial charge on any atom is 0.231 e. The molecule has 6 rings (SSSR count). The van der Waals surface area contributed by atoms with Crippen molar-refractivity contribution in [3.8, 4) is 11.5 Å². The van der Waals surface area contributed by atoms with Crippen molar-refractivity contribution in [2.24, 2.45) is 11.8 Å². The third-order valence-corrected chi connectivity index (χ3v) is 6.42. The van der Waals surface area contributed by atoms with E-state index in [1.165, 1.54) is 6.92 Å². The number of fused-ring (bicyclic) bond motifs is 4. The summed E-state index contributed by atoms with van der Waals surface area (Å²) < 4.78 is 12.5. The van der Waals surface area contributed by atoms with Gasteiger partial charge in [0, 0.05) is 26.1 Å². The number of Topliss-reactive ketones (excluding diaryl/α,β-unsaturated/α-hetero) is 1. The Bertz CT molecular complexity index is 974. The highest BCUT2D eigenvalue weighted by molar-refractivity contribution is 5.91.